The molecular weight excluding hydrogens is 326 g/mol. The Morgan fingerprint density at radius 2 is 1.77 bits per heavy atom. The molecule has 1 aromatic carbocycles. The first-order chi connectivity index (χ1) is 12.7. The topological polar surface area (TPSA) is 75.4 Å². The minimum absolute atomic E-state index is 0.0423. The molecule has 142 valence electrons. The quantitative estimate of drug-likeness (QED) is 0.849. The van der Waals surface area contributed by atoms with Gasteiger partial charge in [0.1, 0.15) is 0 Å². The van der Waals surface area contributed by atoms with Crippen molar-refractivity contribution in [3.63, 3.8) is 0 Å². The number of carbonyl (C=O) groups is 2. The summed E-state index contributed by atoms with van der Waals surface area (Å²) in [4.78, 5) is 27.1. The van der Waals surface area contributed by atoms with E-state index in [1.807, 2.05) is 4.90 Å². The first-order valence-corrected chi connectivity index (χ1v) is 10.0. The summed E-state index contributed by atoms with van der Waals surface area (Å²) in [6, 6.07) is 10.6. The molecule has 0 bridgehead atoms. The fraction of sp³-hybridized carbons (Fsp3) is 0.619. The van der Waals surface area contributed by atoms with Crippen molar-refractivity contribution in [2.45, 2.75) is 44.4 Å². The number of nitrogens with one attached hydrogen (secondary N) is 1. The van der Waals surface area contributed by atoms with Crippen LogP contribution in [0.4, 0.5) is 0 Å². The van der Waals surface area contributed by atoms with Gasteiger partial charge in [-0.25, -0.2) is 0 Å². The van der Waals surface area contributed by atoms with Crippen LogP contribution in [0.25, 0.3) is 0 Å². The fourth-order valence-corrected chi connectivity index (χ4v) is 4.39. The summed E-state index contributed by atoms with van der Waals surface area (Å²) in [7, 11) is 0. The van der Waals surface area contributed by atoms with Crippen LogP contribution in [-0.4, -0.2) is 42.9 Å². The van der Waals surface area contributed by atoms with Gasteiger partial charge in [-0.15, -0.1) is 0 Å². The molecule has 1 aliphatic heterocycles. The van der Waals surface area contributed by atoms with Crippen LogP contribution in [0.2, 0.25) is 0 Å². The van der Waals surface area contributed by atoms with Crippen LogP contribution in [0.15, 0.2) is 30.3 Å². The molecule has 0 radical (unpaired) electrons. The maximum Gasteiger partial charge on any atom is 0.225 e. The molecule has 5 heteroatoms. The highest BCUT2D eigenvalue weighted by atomic mass is 16.2. The van der Waals surface area contributed by atoms with Gasteiger partial charge in [0.15, 0.2) is 0 Å². The SMILES string of the molecule is NCCNC(=O)C1CCCN(C(=O)C2CCC(c3ccccc3)CC2)C1. The summed E-state index contributed by atoms with van der Waals surface area (Å²) >= 11 is 0. The molecule has 1 saturated carbocycles. The molecule has 3 N–H and O–H groups in total. The van der Waals surface area contributed by atoms with Crippen LogP contribution in [0.5, 0.6) is 0 Å². The lowest BCUT2D eigenvalue weighted by molar-refractivity contribution is -0.140. The zero-order valence-electron chi connectivity index (χ0n) is 15.5. The molecule has 1 saturated heterocycles. The second kappa shape index (κ2) is 9.17. The van der Waals surface area contributed by atoms with E-state index in [-0.39, 0.29) is 23.7 Å². The number of piperidine rings is 1. The van der Waals surface area contributed by atoms with Gasteiger partial charge in [-0.3, -0.25) is 9.59 Å². The molecule has 1 atom stereocenters. The molecule has 5 nitrogen and oxygen atoms in total. The largest absolute Gasteiger partial charge is 0.355 e. The van der Waals surface area contributed by atoms with Gasteiger partial charge in [0.25, 0.3) is 0 Å². The van der Waals surface area contributed by atoms with Crippen molar-refractivity contribution >= 4 is 11.8 Å². The van der Waals surface area contributed by atoms with Crippen LogP contribution in [-0.2, 0) is 9.59 Å². The highest BCUT2D eigenvalue weighted by Gasteiger charge is 2.33. The third kappa shape index (κ3) is 4.64. The van der Waals surface area contributed by atoms with E-state index in [0.29, 0.717) is 25.6 Å². The minimum Gasteiger partial charge on any atom is -0.355 e. The monoisotopic (exact) mass is 357 g/mol. The predicted octanol–water partition coefficient (Wildman–Crippen LogP) is 2.27. The standard InChI is InChI=1S/C21H31N3O2/c22-12-13-23-20(25)19-7-4-14-24(15-19)21(26)18-10-8-17(9-11-18)16-5-2-1-3-6-16/h1-3,5-6,17-19H,4,7-15,22H2,(H,23,25). The lowest BCUT2D eigenvalue weighted by Gasteiger charge is -2.36. The van der Waals surface area contributed by atoms with Crippen molar-refractivity contribution in [3.05, 3.63) is 35.9 Å². The van der Waals surface area contributed by atoms with Crippen LogP contribution < -0.4 is 11.1 Å². The molecule has 2 aliphatic rings. The van der Waals surface area contributed by atoms with Gasteiger partial charge in [-0.2, -0.15) is 0 Å². The van der Waals surface area contributed by atoms with Crippen molar-refractivity contribution < 1.29 is 9.59 Å². The van der Waals surface area contributed by atoms with Crippen LogP contribution in [0.1, 0.15) is 50.0 Å². The fourth-order valence-electron chi connectivity index (χ4n) is 4.39. The number of nitrogens with two attached hydrogens (primary N) is 1. The average molecular weight is 357 g/mol. The number of rotatable bonds is 5. The van der Waals surface area contributed by atoms with Crippen molar-refractivity contribution in [3.8, 4) is 0 Å². The number of carbonyl (C=O) groups excluding carboxylic acids is 2. The molecule has 3 rings (SSSR count). The molecule has 1 aliphatic carbocycles. The predicted molar refractivity (Wildman–Crippen MR) is 103 cm³/mol. The number of likely N-dealkylation sites (tertiary alicyclic amines) is 1. The molecule has 1 unspecified atom stereocenters. The molecule has 1 aromatic rings. The summed E-state index contributed by atoms with van der Waals surface area (Å²) in [5.74, 6) is 0.922. The lowest BCUT2D eigenvalue weighted by atomic mass is 9.78. The van der Waals surface area contributed by atoms with Crippen LogP contribution in [0, 0.1) is 11.8 Å². The maximum atomic E-state index is 13.0. The van der Waals surface area contributed by atoms with Crippen LogP contribution in [0.3, 0.4) is 0 Å². The van der Waals surface area contributed by atoms with Gasteiger partial charge in [0, 0.05) is 32.1 Å². The van der Waals surface area contributed by atoms with Gasteiger partial charge in [-0.1, -0.05) is 30.3 Å². The van der Waals surface area contributed by atoms with E-state index in [1.165, 1.54) is 5.56 Å². The van der Waals surface area contributed by atoms with E-state index < -0.39 is 0 Å². The molecule has 2 fully saturated rings. The number of hydrogen-bond acceptors (Lipinski definition) is 3. The molecule has 0 spiro atoms. The van der Waals surface area contributed by atoms with Gasteiger partial charge in [0.05, 0.1) is 5.92 Å². The number of amides is 2. The highest BCUT2D eigenvalue weighted by Crippen LogP contribution is 2.36. The Kier molecular flexibility index (Phi) is 6.67. The van der Waals surface area contributed by atoms with Gasteiger partial charge in [-0.05, 0) is 50.0 Å². The van der Waals surface area contributed by atoms with E-state index in [2.05, 4.69) is 35.6 Å². The zero-order chi connectivity index (χ0) is 18.4. The molecular formula is C21H31N3O2. The number of hydrogen-bond donors (Lipinski definition) is 2. The average Bonchev–Trinajstić information content (AvgIpc) is 2.72. The summed E-state index contributed by atoms with van der Waals surface area (Å²) in [6.07, 6.45) is 5.84. The van der Waals surface area contributed by atoms with Crippen LogP contribution >= 0.6 is 0 Å². The van der Waals surface area contributed by atoms with E-state index in [0.717, 1.165) is 45.1 Å². The zero-order valence-corrected chi connectivity index (χ0v) is 15.5. The lowest BCUT2D eigenvalue weighted by Crippen LogP contribution is -2.48. The van der Waals surface area contributed by atoms with Crippen molar-refractivity contribution in [1.82, 2.24) is 10.2 Å². The minimum atomic E-state index is -0.0834. The molecule has 26 heavy (non-hydrogen) atoms. The summed E-state index contributed by atoms with van der Waals surface area (Å²) < 4.78 is 0. The number of benzene rings is 1. The summed E-state index contributed by atoms with van der Waals surface area (Å²) in [6.45, 7) is 2.31. The second-order valence-corrected chi connectivity index (χ2v) is 7.66. The normalized spacial score (nSPS) is 26.3. The first kappa shape index (κ1) is 18.9. The Labute approximate surface area is 156 Å². The maximum absolute atomic E-state index is 13.0. The van der Waals surface area contributed by atoms with Crippen molar-refractivity contribution in [2.24, 2.45) is 17.6 Å². The smallest absolute Gasteiger partial charge is 0.225 e. The van der Waals surface area contributed by atoms with E-state index in [4.69, 9.17) is 5.73 Å². The Balaban J connectivity index is 1.51. The van der Waals surface area contributed by atoms with E-state index in [9.17, 15) is 9.59 Å². The molecule has 1 heterocycles. The third-order valence-corrected chi connectivity index (χ3v) is 5.89. The van der Waals surface area contributed by atoms with Gasteiger partial charge >= 0.3 is 0 Å². The first-order valence-electron chi connectivity index (χ1n) is 10.0. The Bertz CT molecular complexity index is 597. The number of nitrogens with zero attached hydrogens (tertiary/aromatic N) is 1. The van der Waals surface area contributed by atoms with Gasteiger partial charge in [0.2, 0.25) is 11.8 Å². The molecule has 2 amide bonds. The van der Waals surface area contributed by atoms with E-state index in [1.54, 1.807) is 0 Å². The van der Waals surface area contributed by atoms with Crippen molar-refractivity contribution in [2.75, 3.05) is 26.2 Å². The molecule has 0 aromatic heterocycles. The second-order valence-electron chi connectivity index (χ2n) is 7.66. The van der Waals surface area contributed by atoms with Gasteiger partial charge < -0.3 is 16.0 Å². The Morgan fingerprint density at radius 1 is 1.04 bits per heavy atom. The van der Waals surface area contributed by atoms with Crippen molar-refractivity contribution in [1.29, 1.82) is 0 Å². The third-order valence-electron chi connectivity index (χ3n) is 5.89. The Morgan fingerprint density at radius 3 is 2.46 bits per heavy atom. The Hall–Kier alpha value is -1.88. The summed E-state index contributed by atoms with van der Waals surface area (Å²) in [5, 5.41) is 2.86. The highest BCUT2D eigenvalue weighted by molar-refractivity contribution is 5.82. The summed E-state index contributed by atoms with van der Waals surface area (Å²) in [5.41, 5.74) is 6.85. The van der Waals surface area contributed by atoms with E-state index >= 15 is 0 Å².